The Bertz CT molecular complexity index is 645. The standard InChI is InChI=1S/C21H32N2O3/c1-20-11-4-3-5-13(20)6-7-14-15-8-9-17(22-23-18(24)19(25)26)21(15,2)12-10-16(14)20/h13-16H,3-12H2,1-2H3,(H,23,24)(H,25,26)/b22-17-/t13-,14+,15-,16-,20+,21+/m1/s1. The number of nitrogens with one attached hydrogen (secondary N) is 1. The van der Waals surface area contributed by atoms with Gasteiger partial charge in [0.25, 0.3) is 0 Å². The summed E-state index contributed by atoms with van der Waals surface area (Å²) in [4.78, 5) is 22.1. The number of rotatable bonds is 1. The number of nitrogens with zero attached hydrogens (tertiary/aromatic N) is 1. The van der Waals surface area contributed by atoms with Crippen molar-refractivity contribution in [3.63, 3.8) is 0 Å². The number of aliphatic carboxylic acids is 1. The molecule has 0 aliphatic heterocycles. The maximum Gasteiger partial charge on any atom is 0.396 e. The van der Waals surface area contributed by atoms with E-state index in [1.807, 2.05) is 0 Å². The molecule has 0 aromatic heterocycles. The first-order chi connectivity index (χ1) is 12.4. The van der Waals surface area contributed by atoms with E-state index in [0.29, 0.717) is 11.3 Å². The molecule has 4 aliphatic rings. The van der Waals surface area contributed by atoms with Gasteiger partial charge in [0.05, 0.1) is 0 Å². The zero-order chi connectivity index (χ0) is 18.5. The summed E-state index contributed by atoms with van der Waals surface area (Å²) in [6.45, 7) is 4.88. The molecular formula is C21H32N2O3. The maximum atomic E-state index is 11.4. The zero-order valence-corrected chi connectivity index (χ0v) is 16.1. The largest absolute Gasteiger partial charge is 0.474 e. The van der Waals surface area contributed by atoms with Crippen molar-refractivity contribution in [3.05, 3.63) is 0 Å². The van der Waals surface area contributed by atoms with Crippen LogP contribution in [0.5, 0.6) is 0 Å². The molecule has 0 saturated heterocycles. The molecule has 0 spiro atoms. The number of carbonyl (C=O) groups is 2. The van der Waals surface area contributed by atoms with E-state index < -0.39 is 11.9 Å². The zero-order valence-electron chi connectivity index (χ0n) is 16.1. The average Bonchev–Trinajstić information content (AvgIpc) is 2.95. The van der Waals surface area contributed by atoms with E-state index >= 15 is 0 Å². The van der Waals surface area contributed by atoms with Gasteiger partial charge in [-0.15, -0.1) is 0 Å². The molecule has 0 aromatic carbocycles. The van der Waals surface area contributed by atoms with Crippen molar-refractivity contribution in [2.45, 2.75) is 78.1 Å². The fourth-order valence-corrected chi connectivity index (χ4v) is 7.43. The van der Waals surface area contributed by atoms with Gasteiger partial charge in [-0.25, -0.2) is 10.2 Å². The Morgan fingerprint density at radius 1 is 1.04 bits per heavy atom. The second-order valence-electron chi connectivity index (χ2n) is 9.70. The first kappa shape index (κ1) is 18.0. The first-order valence-electron chi connectivity index (χ1n) is 10.5. The lowest BCUT2D eigenvalue weighted by molar-refractivity contribution is -0.150. The Hall–Kier alpha value is -1.39. The van der Waals surface area contributed by atoms with Crippen molar-refractivity contribution in [3.8, 4) is 0 Å². The number of carbonyl (C=O) groups excluding carboxylic acids is 1. The highest BCUT2D eigenvalue weighted by molar-refractivity contribution is 6.31. The molecular weight excluding hydrogens is 328 g/mol. The van der Waals surface area contributed by atoms with Gasteiger partial charge in [-0.05, 0) is 80.5 Å². The molecule has 0 unspecified atom stereocenters. The molecule has 0 aromatic rings. The van der Waals surface area contributed by atoms with Gasteiger partial charge in [-0.2, -0.15) is 5.10 Å². The van der Waals surface area contributed by atoms with E-state index in [9.17, 15) is 9.59 Å². The van der Waals surface area contributed by atoms with Crippen LogP contribution in [0, 0.1) is 34.5 Å². The third-order valence-electron chi connectivity index (χ3n) is 8.81. The third-order valence-corrected chi connectivity index (χ3v) is 8.81. The number of fused-ring (bicyclic) bond motifs is 5. The topological polar surface area (TPSA) is 78.8 Å². The summed E-state index contributed by atoms with van der Waals surface area (Å²) in [6, 6.07) is 0. The summed E-state index contributed by atoms with van der Waals surface area (Å²) in [5.41, 5.74) is 3.84. The Balaban J connectivity index is 1.55. The van der Waals surface area contributed by atoms with Crippen LogP contribution >= 0.6 is 0 Å². The minimum absolute atomic E-state index is 0.0326. The summed E-state index contributed by atoms with van der Waals surface area (Å²) in [6.07, 6.45) is 12.8. The molecule has 4 rings (SSSR count). The molecule has 5 heteroatoms. The quantitative estimate of drug-likeness (QED) is 0.548. The number of carboxylic acids is 1. The van der Waals surface area contributed by atoms with Gasteiger partial charge in [0.15, 0.2) is 0 Å². The van der Waals surface area contributed by atoms with Gasteiger partial charge in [-0.3, -0.25) is 4.79 Å². The molecule has 26 heavy (non-hydrogen) atoms. The van der Waals surface area contributed by atoms with Gasteiger partial charge >= 0.3 is 11.9 Å². The first-order valence-corrected chi connectivity index (χ1v) is 10.5. The van der Waals surface area contributed by atoms with Crippen molar-refractivity contribution in [1.82, 2.24) is 5.43 Å². The summed E-state index contributed by atoms with van der Waals surface area (Å²) >= 11 is 0. The van der Waals surface area contributed by atoms with Gasteiger partial charge < -0.3 is 5.11 Å². The van der Waals surface area contributed by atoms with E-state index in [1.165, 1.54) is 44.9 Å². The van der Waals surface area contributed by atoms with Crippen molar-refractivity contribution < 1.29 is 14.7 Å². The fourth-order valence-electron chi connectivity index (χ4n) is 7.43. The Kier molecular flexibility index (Phi) is 4.39. The third kappa shape index (κ3) is 2.61. The predicted octanol–water partition coefficient (Wildman–Crippen LogP) is 3.98. The molecule has 4 saturated carbocycles. The van der Waals surface area contributed by atoms with Crippen LogP contribution < -0.4 is 5.43 Å². The van der Waals surface area contributed by atoms with Crippen LogP contribution in [-0.2, 0) is 9.59 Å². The highest BCUT2D eigenvalue weighted by Gasteiger charge is 2.58. The second kappa shape index (κ2) is 6.35. The predicted molar refractivity (Wildman–Crippen MR) is 99.6 cm³/mol. The minimum Gasteiger partial charge on any atom is -0.474 e. The number of hydrogen-bond acceptors (Lipinski definition) is 3. The Labute approximate surface area is 156 Å². The molecule has 5 nitrogen and oxygen atoms in total. The summed E-state index contributed by atoms with van der Waals surface area (Å²) in [5, 5.41) is 13.0. The van der Waals surface area contributed by atoms with Crippen LogP contribution in [0.4, 0.5) is 0 Å². The van der Waals surface area contributed by atoms with Gasteiger partial charge in [-0.1, -0.05) is 26.7 Å². The number of hydrogen-bond donors (Lipinski definition) is 2. The monoisotopic (exact) mass is 360 g/mol. The molecule has 2 N–H and O–H groups in total. The van der Waals surface area contributed by atoms with E-state index in [4.69, 9.17) is 5.11 Å². The van der Waals surface area contributed by atoms with Gasteiger partial charge in [0.1, 0.15) is 0 Å². The summed E-state index contributed by atoms with van der Waals surface area (Å²) in [5.74, 6) is 0.672. The second-order valence-corrected chi connectivity index (χ2v) is 9.70. The lowest BCUT2D eigenvalue weighted by Gasteiger charge is -2.59. The van der Waals surface area contributed by atoms with E-state index in [1.54, 1.807) is 0 Å². The Morgan fingerprint density at radius 3 is 2.62 bits per heavy atom. The molecule has 0 radical (unpaired) electrons. The van der Waals surface area contributed by atoms with Gasteiger partial charge in [0.2, 0.25) is 0 Å². The van der Waals surface area contributed by atoms with Crippen LogP contribution in [0.2, 0.25) is 0 Å². The number of carboxylic acid groups (broad SMARTS) is 1. The molecule has 144 valence electrons. The smallest absolute Gasteiger partial charge is 0.396 e. The normalized spacial score (nSPS) is 46.2. The van der Waals surface area contributed by atoms with Crippen molar-refractivity contribution in [2.75, 3.05) is 0 Å². The molecule has 0 bridgehead atoms. The van der Waals surface area contributed by atoms with Crippen molar-refractivity contribution >= 4 is 17.6 Å². The van der Waals surface area contributed by atoms with E-state index in [-0.39, 0.29) is 5.41 Å². The number of amides is 1. The minimum atomic E-state index is -1.47. The lowest BCUT2D eigenvalue weighted by Crippen LogP contribution is -2.52. The fraction of sp³-hybridized carbons (Fsp3) is 0.857. The van der Waals surface area contributed by atoms with Crippen molar-refractivity contribution in [2.24, 2.45) is 39.6 Å². The molecule has 4 aliphatic carbocycles. The van der Waals surface area contributed by atoms with Crippen molar-refractivity contribution in [1.29, 1.82) is 0 Å². The molecule has 1 amide bonds. The van der Waals surface area contributed by atoms with E-state index in [2.05, 4.69) is 24.4 Å². The SMILES string of the molecule is C[C@]12CCCC[C@@H]1CC[C@@H]1[C@H]2CC[C@]2(C)/C(=N\NC(=O)C(=O)O)CC[C@H]12. The van der Waals surface area contributed by atoms with Crippen LogP contribution in [0.1, 0.15) is 78.1 Å². The van der Waals surface area contributed by atoms with Crippen LogP contribution in [-0.4, -0.2) is 22.7 Å². The van der Waals surface area contributed by atoms with Gasteiger partial charge in [0, 0.05) is 11.1 Å². The average molecular weight is 360 g/mol. The summed E-state index contributed by atoms with van der Waals surface area (Å²) in [7, 11) is 0. The Morgan fingerprint density at radius 2 is 1.85 bits per heavy atom. The lowest BCUT2D eigenvalue weighted by atomic mass is 9.45. The molecule has 0 heterocycles. The maximum absolute atomic E-state index is 11.4. The number of hydrazone groups is 1. The van der Waals surface area contributed by atoms with Crippen LogP contribution in [0.15, 0.2) is 5.10 Å². The molecule has 4 fully saturated rings. The van der Waals surface area contributed by atoms with Crippen LogP contribution in [0.3, 0.4) is 0 Å². The van der Waals surface area contributed by atoms with E-state index in [0.717, 1.165) is 42.7 Å². The highest BCUT2D eigenvalue weighted by Crippen LogP contribution is 2.65. The molecule has 6 atom stereocenters. The van der Waals surface area contributed by atoms with Crippen LogP contribution in [0.25, 0.3) is 0 Å². The summed E-state index contributed by atoms with van der Waals surface area (Å²) < 4.78 is 0. The highest BCUT2D eigenvalue weighted by atomic mass is 16.4.